The van der Waals surface area contributed by atoms with Gasteiger partial charge in [0, 0.05) is 6.54 Å². The fourth-order valence-corrected chi connectivity index (χ4v) is 5.89. The molecule has 0 aromatic heterocycles. The number of sulfonamides is 1. The Hall–Kier alpha value is -3.82. The normalized spacial score (nSPS) is 15.7. The molecule has 196 valence electrons. The Morgan fingerprint density at radius 2 is 1.74 bits per heavy atom. The summed E-state index contributed by atoms with van der Waals surface area (Å²) in [7, 11) is -2.45. The lowest BCUT2D eigenvalue weighted by molar-refractivity contribution is -0.121. The number of aryl methyl sites for hydroxylation is 1. The first-order chi connectivity index (χ1) is 18.3. The third kappa shape index (κ3) is 6.35. The zero-order valence-corrected chi connectivity index (χ0v) is 22.8. The van der Waals surface area contributed by atoms with E-state index in [1.807, 2.05) is 37.3 Å². The highest BCUT2D eigenvalue weighted by Gasteiger charge is 2.34. The number of ether oxygens (including phenoxy) is 2. The molecule has 0 atom stereocenters. The van der Waals surface area contributed by atoms with E-state index >= 15 is 0 Å². The molecule has 1 saturated heterocycles. The average Bonchev–Trinajstić information content (AvgIpc) is 3.21. The molecule has 3 aromatic carbocycles. The minimum absolute atomic E-state index is 0.0709. The molecular weight excluding hydrogens is 520 g/mol. The van der Waals surface area contributed by atoms with Crippen molar-refractivity contribution < 1.29 is 22.7 Å². The van der Waals surface area contributed by atoms with E-state index in [0.29, 0.717) is 28.6 Å². The van der Waals surface area contributed by atoms with Crippen molar-refractivity contribution in [3.05, 3.63) is 107 Å². The van der Waals surface area contributed by atoms with E-state index in [9.17, 15) is 13.2 Å². The second-order valence-electron chi connectivity index (χ2n) is 8.35. The van der Waals surface area contributed by atoms with Crippen molar-refractivity contribution in [1.82, 2.24) is 4.90 Å². The molecule has 38 heavy (non-hydrogen) atoms. The lowest BCUT2D eigenvalue weighted by Gasteiger charge is -2.12. The molecule has 1 heterocycles. The number of benzene rings is 3. The Morgan fingerprint density at radius 1 is 1.00 bits per heavy atom. The highest BCUT2D eigenvalue weighted by Crippen LogP contribution is 2.36. The molecule has 0 unspecified atom stereocenters. The highest BCUT2D eigenvalue weighted by atomic mass is 32.2. The monoisotopic (exact) mass is 548 g/mol. The molecule has 0 N–H and O–H groups in total. The molecule has 1 fully saturated rings. The minimum Gasteiger partial charge on any atom is -0.493 e. The predicted molar refractivity (Wildman–Crippen MR) is 152 cm³/mol. The van der Waals surface area contributed by atoms with Crippen LogP contribution in [0.25, 0.3) is 6.08 Å². The molecule has 1 aliphatic rings. The molecular formula is C29H28N2O5S2. The molecule has 0 aliphatic carbocycles. The van der Waals surface area contributed by atoms with E-state index in [1.54, 1.807) is 43.5 Å². The van der Waals surface area contributed by atoms with Gasteiger partial charge < -0.3 is 9.47 Å². The second kappa shape index (κ2) is 12.1. The third-order valence-electron chi connectivity index (χ3n) is 5.75. The lowest BCUT2D eigenvalue weighted by Crippen LogP contribution is -2.29. The first-order valence-corrected chi connectivity index (χ1v) is 14.2. The number of carbonyl (C=O) groups excluding carboxylic acids is 1. The Labute approximate surface area is 227 Å². The van der Waals surface area contributed by atoms with Crippen LogP contribution in [0.15, 0.2) is 99.6 Å². The Balaban J connectivity index is 1.62. The molecule has 7 nitrogen and oxygen atoms in total. The van der Waals surface area contributed by atoms with Crippen LogP contribution >= 0.6 is 11.8 Å². The smallest absolute Gasteiger partial charge is 0.284 e. The molecule has 0 radical (unpaired) electrons. The number of thioether (sulfide) groups is 1. The number of nitrogens with zero attached hydrogens (tertiary/aromatic N) is 2. The number of hydrogen-bond acceptors (Lipinski definition) is 6. The standard InChI is InChI=1S/C29H28N2O5S2/c1-4-17-31-28(32)27(37-29(31)30-38(33,34)24-14-11-21(5-2)12-15-24)19-23-13-16-25(35-3)26(18-23)36-20-22-9-7-6-8-10-22/h4,6-16,18-19H,1,5,17,20H2,2-3H3/b27-19-,30-29?. The van der Waals surface area contributed by atoms with Crippen LogP contribution in [-0.2, 0) is 27.8 Å². The first-order valence-electron chi connectivity index (χ1n) is 12.0. The summed E-state index contributed by atoms with van der Waals surface area (Å²) in [6, 6.07) is 21.7. The molecule has 0 saturated carbocycles. The van der Waals surface area contributed by atoms with Gasteiger partial charge in [0.1, 0.15) is 6.61 Å². The van der Waals surface area contributed by atoms with Gasteiger partial charge in [-0.15, -0.1) is 11.0 Å². The fourth-order valence-electron chi connectivity index (χ4n) is 3.70. The zero-order chi connectivity index (χ0) is 27.1. The van der Waals surface area contributed by atoms with Crippen LogP contribution in [0.5, 0.6) is 11.5 Å². The summed E-state index contributed by atoms with van der Waals surface area (Å²) in [5.74, 6) is 0.730. The summed E-state index contributed by atoms with van der Waals surface area (Å²) >= 11 is 1.01. The Bertz CT molecular complexity index is 1480. The van der Waals surface area contributed by atoms with Crippen LogP contribution in [0.1, 0.15) is 23.6 Å². The van der Waals surface area contributed by atoms with Gasteiger partial charge in [-0.2, -0.15) is 8.42 Å². The van der Waals surface area contributed by atoms with Crippen molar-refractivity contribution in [3.63, 3.8) is 0 Å². The number of carbonyl (C=O) groups is 1. The van der Waals surface area contributed by atoms with Gasteiger partial charge in [-0.3, -0.25) is 9.69 Å². The maximum atomic E-state index is 13.2. The molecule has 0 bridgehead atoms. The SMILES string of the molecule is C=CCN1C(=O)/C(=C/c2ccc(OC)c(OCc3ccccc3)c2)SC1=NS(=O)(=O)c1ccc(CC)cc1. The van der Waals surface area contributed by atoms with Crippen molar-refractivity contribution in [2.24, 2.45) is 4.40 Å². The van der Waals surface area contributed by atoms with Gasteiger partial charge in [-0.05, 0) is 65.2 Å². The summed E-state index contributed by atoms with van der Waals surface area (Å²) in [5.41, 5.74) is 2.72. The van der Waals surface area contributed by atoms with Gasteiger partial charge in [-0.25, -0.2) is 0 Å². The lowest BCUT2D eigenvalue weighted by atomic mass is 10.1. The Morgan fingerprint density at radius 3 is 2.39 bits per heavy atom. The predicted octanol–water partition coefficient (Wildman–Crippen LogP) is 5.68. The van der Waals surface area contributed by atoms with Crippen LogP contribution in [0.2, 0.25) is 0 Å². The van der Waals surface area contributed by atoms with Gasteiger partial charge in [0.05, 0.1) is 16.9 Å². The van der Waals surface area contributed by atoms with Crippen molar-refractivity contribution in [1.29, 1.82) is 0 Å². The van der Waals surface area contributed by atoms with E-state index in [1.165, 1.54) is 23.1 Å². The average molecular weight is 549 g/mol. The second-order valence-corrected chi connectivity index (χ2v) is 11.0. The highest BCUT2D eigenvalue weighted by molar-refractivity contribution is 8.19. The number of hydrogen-bond donors (Lipinski definition) is 0. The maximum Gasteiger partial charge on any atom is 0.284 e. The van der Waals surface area contributed by atoms with E-state index in [4.69, 9.17) is 9.47 Å². The molecule has 4 rings (SSSR count). The summed E-state index contributed by atoms with van der Waals surface area (Å²) in [5, 5.41) is 0.0785. The quantitative estimate of drug-likeness (QED) is 0.239. The van der Waals surface area contributed by atoms with Crippen LogP contribution in [0, 0.1) is 0 Å². The van der Waals surface area contributed by atoms with E-state index in [0.717, 1.165) is 29.3 Å². The molecule has 9 heteroatoms. The van der Waals surface area contributed by atoms with E-state index in [-0.39, 0.29) is 22.5 Å². The third-order valence-corrected chi connectivity index (χ3v) is 8.15. The first kappa shape index (κ1) is 27.2. The summed E-state index contributed by atoms with van der Waals surface area (Å²) in [6.45, 7) is 6.17. The van der Waals surface area contributed by atoms with Gasteiger partial charge >= 0.3 is 0 Å². The zero-order valence-electron chi connectivity index (χ0n) is 21.2. The molecule has 1 amide bonds. The van der Waals surface area contributed by atoms with Gasteiger partial charge in [0.25, 0.3) is 15.9 Å². The van der Waals surface area contributed by atoms with Gasteiger partial charge in [0.2, 0.25) is 0 Å². The minimum atomic E-state index is -4.01. The van der Waals surface area contributed by atoms with Crippen LogP contribution < -0.4 is 9.47 Å². The number of methoxy groups -OCH3 is 1. The summed E-state index contributed by atoms with van der Waals surface area (Å²) in [6.07, 6.45) is 4.01. The largest absolute Gasteiger partial charge is 0.493 e. The van der Waals surface area contributed by atoms with E-state index < -0.39 is 10.0 Å². The van der Waals surface area contributed by atoms with Gasteiger partial charge in [0.15, 0.2) is 16.7 Å². The van der Waals surface area contributed by atoms with Gasteiger partial charge in [-0.1, -0.05) is 61.5 Å². The number of amides is 1. The van der Waals surface area contributed by atoms with Crippen molar-refractivity contribution in [3.8, 4) is 11.5 Å². The topological polar surface area (TPSA) is 85.3 Å². The van der Waals surface area contributed by atoms with Crippen LogP contribution in [0.4, 0.5) is 0 Å². The van der Waals surface area contributed by atoms with Crippen molar-refractivity contribution in [2.75, 3.05) is 13.7 Å². The molecule has 3 aromatic rings. The van der Waals surface area contributed by atoms with Crippen LogP contribution in [-0.4, -0.2) is 38.0 Å². The summed E-state index contributed by atoms with van der Waals surface area (Å²) < 4.78 is 41.4. The fraction of sp³-hybridized carbons (Fsp3) is 0.172. The molecule has 0 spiro atoms. The van der Waals surface area contributed by atoms with Crippen molar-refractivity contribution >= 4 is 38.9 Å². The summed E-state index contributed by atoms with van der Waals surface area (Å²) in [4.78, 5) is 14.9. The number of rotatable bonds is 10. The number of amidine groups is 1. The van der Waals surface area contributed by atoms with Crippen molar-refractivity contribution in [2.45, 2.75) is 24.8 Å². The van der Waals surface area contributed by atoms with E-state index in [2.05, 4.69) is 11.0 Å². The van der Waals surface area contributed by atoms with Crippen LogP contribution in [0.3, 0.4) is 0 Å². The maximum absolute atomic E-state index is 13.2. The molecule has 1 aliphatic heterocycles. The Kier molecular flexibility index (Phi) is 8.70.